The van der Waals surface area contributed by atoms with Gasteiger partial charge in [-0.05, 0) is 12.8 Å². The van der Waals surface area contributed by atoms with Crippen LogP contribution in [0.15, 0.2) is 12.2 Å². The van der Waals surface area contributed by atoms with Gasteiger partial charge in [0.2, 0.25) is 0 Å². The van der Waals surface area contributed by atoms with Gasteiger partial charge >= 0.3 is 0 Å². The molecule has 0 aromatic heterocycles. The fourth-order valence-electron chi connectivity index (χ4n) is 2.41. The van der Waals surface area contributed by atoms with Crippen molar-refractivity contribution in [2.45, 2.75) is 96.1 Å². The number of aliphatic hydroxyl groups excluding tert-OH is 2. The van der Waals surface area contributed by atoms with Gasteiger partial charge in [0.15, 0.2) is 0 Å². The lowest BCUT2D eigenvalue weighted by Gasteiger charge is -2.11. The van der Waals surface area contributed by atoms with E-state index in [9.17, 15) is 5.11 Å². The average Bonchev–Trinajstić information content (AvgIpc) is 2.50. The number of hydrogen-bond acceptors (Lipinski definition) is 3. The maximum Gasteiger partial charge on any atom is 0.0894 e. The van der Waals surface area contributed by atoms with E-state index in [-0.39, 0.29) is 19.0 Å². The molecule has 0 spiro atoms. The predicted octanol–water partition coefficient (Wildman–Crippen LogP) is 4.35. The minimum Gasteiger partial charge on any atom is -0.395 e. The highest BCUT2D eigenvalue weighted by Gasteiger charge is 2.08. The molecule has 0 aliphatic carbocycles. The summed E-state index contributed by atoms with van der Waals surface area (Å²) in [7, 11) is 0. The molecule has 0 aliphatic heterocycles. The van der Waals surface area contributed by atoms with Crippen molar-refractivity contribution in [1.82, 2.24) is 0 Å². The first-order valence-corrected chi connectivity index (χ1v) is 8.93. The molecule has 0 heterocycles. The van der Waals surface area contributed by atoms with Crippen molar-refractivity contribution in [3.8, 4) is 0 Å². The zero-order valence-electron chi connectivity index (χ0n) is 14.4. The van der Waals surface area contributed by atoms with Crippen molar-refractivity contribution < 1.29 is 10.2 Å². The van der Waals surface area contributed by atoms with Crippen LogP contribution in [0.2, 0.25) is 0 Å². The molecule has 0 radical (unpaired) electrons. The maximum absolute atomic E-state index is 9.52. The summed E-state index contributed by atoms with van der Waals surface area (Å²) in [6, 6.07) is -0.557. The van der Waals surface area contributed by atoms with E-state index in [4.69, 9.17) is 10.8 Å². The molecule has 4 N–H and O–H groups in total. The largest absolute Gasteiger partial charge is 0.395 e. The fourth-order valence-corrected chi connectivity index (χ4v) is 2.41. The van der Waals surface area contributed by atoms with E-state index in [0.29, 0.717) is 0 Å². The third kappa shape index (κ3) is 16.3. The van der Waals surface area contributed by atoms with Crippen molar-refractivity contribution in [1.29, 1.82) is 0 Å². The van der Waals surface area contributed by atoms with E-state index in [1.807, 2.05) is 6.08 Å². The standard InChI is InChI=1S/C18H37NO2.ClH/c1-2-3-4-5-6-7-8-9-10-11-12-13-14-15-18(21)17(19)16-20;/h14-15,17-18,20-21H,2-13,16,19H2,1H3;1H/b15-14+;. The zero-order valence-corrected chi connectivity index (χ0v) is 15.2. The van der Waals surface area contributed by atoms with Crippen LogP contribution >= 0.6 is 12.4 Å². The van der Waals surface area contributed by atoms with Crippen molar-refractivity contribution in [3.05, 3.63) is 12.2 Å². The Balaban J connectivity index is 0. The quantitative estimate of drug-likeness (QED) is 0.308. The molecule has 3 nitrogen and oxygen atoms in total. The number of allylic oxidation sites excluding steroid dienone is 1. The lowest BCUT2D eigenvalue weighted by Crippen LogP contribution is -2.36. The number of halogens is 1. The summed E-state index contributed by atoms with van der Waals surface area (Å²) in [5, 5.41) is 18.3. The summed E-state index contributed by atoms with van der Waals surface area (Å²) < 4.78 is 0. The second-order valence-corrected chi connectivity index (χ2v) is 6.09. The van der Waals surface area contributed by atoms with Gasteiger partial charge in [-0.15, -0.1) is 12.4 Å². The SMILES string of the molecule is CCCCCCCCCCCCC/C=C/C(O)C(N)CO.Cl. The van der Waals surface area contributed by atoms with Crippen molar-refractivity contribution >= 4 is 12.4 Å². The Bertz CT molecular complexity index is 237. The number of unbranched alkanes of at least 4 members (excludes halogenated alkanes) is 11. The summed E-state index contributed by atoms with van der Waals surface area (Å²) in [6.07, 6.45) is 18.8. The van der Waals surface area contributed by atoms with Gasteiger partial charge in [0.25, 0.3) is 0 Å². The summed E-state index contributed by atoms with van der Waals surface area (Å²) >= 11 is 0. The molecule has 2 atom stereocenters. The normalized spacial score (nSPS) is 14.0. The summed E-state index contributed by atoms with van der Waals surface area (Å²) in [5.41, 5.74) is 5.51. The van der Waals surface area contributed by atoms with Gasteiger partial charge in [-0.3, -0.25) is 0 Å². The first kappa shape index (κ1) is 24.2. The summed E-state index contributed by atoms with van der Waals surface area (Å²) in [4.78, 5) is 0. The Labute approximate surface area is 143 Å². The summed E-state index contributed by atoms with van der Waals surface area (Å²) in [6.45, 7) is 2.08. The van der Waals surface area contributed by atoms with Crippen LogP contribution in [-0.4, -0.2) is 29.0 Å². The monoisotopic (exact) mass is 335 g/mol. The van der Waals surface area contributed by atoms with Gasteiger partial charge in [-0.25, -0.2) is 0 Å². The lowest BCUT2D eigenvalue weighted by atomic mass is 10.0. The Hall–Kier alpha value is -0.0900. The van der Waals surface area contributed by atoms with Crippen LogP contribution in [-0.2, 0) is 0 Å². The Kier molecular flexibility index (Phi) is 20.8. The van der Waals surface area contributed by atoms with Crippen molar-refractivity contribution in [2.24, 2.45) is 5.73 Å². The van der Waals surface area contributed by atoms with Gasteiger partial charge in [0, 0.05) is 0 Å². The van der Waals surface area contributed by atoms with Crippen molar-refractivity contribution in [3.63, 3.8) is 0 Å². The molecule has 0 saturated carbocycles. The Morgan fingerprint density at radius 3 is 1.77 bits per heavy atom. The molecule has 0 aromatic carbocycles. The van der Waals surface area contributed by atoms with Crippen LogP contribution in [0, 0.1) is 0 Å². The van der Waals surface area contributed by atoms with E-state index < -0.39 is 12.1 Å². The maximum atomic E-state index is 9.52. The summed E-state index contributed by atoms with van der Waals surface area (Å²) in [5.74, 6) is 0. The van der Waals surface area contributed by atoms with Crippen LogP contribution in [0.3, 0.4) is 0 Å². The second kappa shape index (κ2) is 19.0. The molecule has 0 fully saturated rings. The third-order valence-corrected chi connectivity index (χ3v) is 3.96. The van der Waals surface area contributed by atoms with E-state index in [1.54, 1.807) is 6.08 Å². The first-order valence-electron chi connectivity index (χ1n) is 8.93. The molecule has 134 valence electrons. The molecule has 0 bridgehead atoms. The van der Waals surface area contributed by atoms with Gasteiger partial charge < -0.3 is 15.9 Å². The number of hydrogen-bond donors (Lipinski definition) is 3. The molecule has 0 amide bonds. The number of aliphatic hydroxyl groups is 2. The topological polar surface area (TPSA) is 66.5 Å². The van der Waals surface area contributed by atoms with Gasteiger partial charge in [-0.1, -0.05) is 83.3 Å². The second-order valence-electron chi connectivity index (χ2n) is 6.09. The molecule has 0 aromatic rings. The number of nitrogens with two attached hydrogens (primary N) is 1. The smallest absolute Gasteiger partial charge is 0.0894 e. The highest BCUT2D eigenvalue weighted by atomic mass is 35.5. The Morgan fingerprint density at radius 2 is 1.32 bits per heavy atom. The van der Waals surface area contributed by atoms with Crippen LogP contribution in [0.5, 0.6) is 0 Å². The van der Waals surface area contributed by atoms with E-state index in [2.05, 4.69) is 6.92 Å². The number of rotatable bonds is 15. The molecule has 2 unspecified atom stereocenters. The van der Waals surface area contributed by atoms with E-state index in [0.717, 1.165) is 6.42 Å². The predicted molar refractivity (Wildman–Crippen MR) is 98.5 cm³/mol. The van der Waals surface area contributed by atoms with Gasteiger partial charge in [-0.2, -0.15) is 0 Å². The van der Waals surface area contributed by atoms with E-state index in [1.165, 1.54) is 70.6 Å². The Morgan fingerprint density at radius 1 is 0.864 bits per heavy atom. The molecular weight excluding hydrogens is 298 g/mol. The molecule has 4 heteroatoms. The van der Waals surface area contributed by atoms with Gasteiger partial charge in [0.1, 0.15) is 0 Å². The lowest BCUT2D eigenvalue weighted by molar-refractivity contribution is 0.144. The fraction of sp³-hybridized carbons (Fsp3) is 0.889. The molecule has 22 heavy (non-hydrogen) atoms. The zero-order chi connectivity index (χ0) is 15.8. The van der Waals surface area contributed by atoms with Crippen LogP contribution in [0.1, 0.15) is 84.0 Å². The minimum atomic E-state index is -0.720. The minimum absolute atomic E-state index is 0. The van der Waals surface area contributed by atoms with Crippen LogP contribution in [0.4, 0.5) is 0 Å². The average molecular weight is 336 g/mol. The highest BCUT2D eigenvalue weighted by Crippen LogP contribution is 2.12. The highest BCUT2D eigenvalue weighted by molar-refractivity contribution is 5.85. The third-order valence-electron chi connectivity index (χ3n) is 3.96. The van der Waals surface area contributed by atoms with Crippen LogP contribution in [0.25, 0.3) is 0 Å². The van der Waals surface area contributed by atoms with Gasteiger partial charge in [0.05, 0.1) is 18.8 Å². The van der Waals surface area contributed by atoms with Crippen molar-refractivity contribution in [2.75, 3.05) is 6.61 Å². The molecule has 0 rings (SSSR count). The van der Waals surface area contributed by atoms with E-state index >= 15 is 0 Å². The molecule has 0 aliphatic rings. The molecule has 0 saturated heterocycles. The molecular formula is C18H38ClNO2. The van der Waals surface area contributed by atoms with Crippen LogP contribution < -0.4 is 5.73 Å². The first-order chi connectivity index (χ1) is 10.2.